The summed E-state index contributed by atoms with van der Waals surface area (Å²) in [5.74, 6) is -2.39. The number of carboxylic acid groups (broad SMARTS) is 1. The van der Waals surface area contributed by atoms with E-state index in [1.165, 1.54) is 23.9 Å². The molecule has 1 atom stereocenters. The molecule has 0 saturated heterocycles. The van der Waals surface area contributed by atoms with E-state index in [2.05, 4.69) is 0 Å². The van der Waals surface area contributed by atoms with Crippen molar-refractivity contribution in [2.24, 2.45) is 11.7 Å². The number of carbonyl (C=O) groups is 2. The summed E-state index contributed by atoms with van der Waals surface area (Å²) in [6.07, 6.45) is 0. The van der Waals surface area contributed by atoms with E-state index in [9.17, 15) is 14.0 Å². The number of rotatable bonds is 5. The first-order chi connectivity index (χ1) is 7.91. The molecule has 92 valence electrons. The zero-order chi connectivity index (χ0) is 13.0. The topological polar surface area (TPSA) is 80.4 Å². The molecule has 0 fully saturated rings. The number of primary amides is 1. The number of halogens is 1. The van der Waals surface area contributed by atoms with E-state index in [1.807, 2.05) is 0 Å². The van der Waals surface area contributed by atoms with Crippen LogP contribution in [0.25, 0.3) is 0 Å². The van der Waals surface area contributed by atoms with Crippen molar-refractivity contribution in [3.05, 3.63) is 29.6 Å². The van der Waals surface area contributed by atoms with Gasteiger partial charge in [0.25, 0.3) is 0 Å². The molecule has 6 heteroatoms. The second-order valence-corrected chi connectivity index (χ2v) is 4.65. The predicted molar refractivity (Wildman–Crippen MR) is 62.4 cm³/mol. The van der Waals surface area contributed by atoms with Crippen molar-refractivity contribution >= 4 is 23.6 Å². The molecule has 17 heavy (non-hydrogen) atoms. The summed E-state index contributed by atoms with van der Waals surface area (Å²) in [6.45, 7) is 1.68. The molecule has 1 aromatic rings. The lowest BCUT2D eigenvalue weighted by atomic mass is 10.2. The summed E-state index contributed by atoms with van der Waals surface area (Å²) in [7, 11) is 0. The maximum atomic E-state index is 13.1. The Bertz CT molecular complexity index is 450. The van der Waals surface area contributed by atoms with E-state index in [-0.39, 0.29) is 11.5 Å². The Morgan fingerprint density at radius 3 is 2.71 bits per heavy atom. The largest absolute Gasteiger partial charge is 0.478 e. The van der Waals surface area contributed by atoms with Gasteiger partial charge in [-0.3, -0.25) is 4.79 Å². The summed E-state index contributed by atoms with van der Waals surface area (Å²) in [6, 6.07) is 3.82. The van der Waals surface area contributed by atoms with E-state index in [4.69, 9.17) is 10.8 Å². The van der Waals surface area contributed by atoms with Crippen molar-refractivity contribution < 1.29 is 19.1 Å². The lowest BCUT2D eigenvalue weighted by molar-refractivity contribution is -0.120. The van der Waals surface area contributed by atoms with Crippen LogP contribution in [0.3, 0.4) is 0 Å². The van der Waals surface area contributed by atoms with Crippen LogP contribution in [0.4, 0.5) is 4.39 Å². The second-order valence-electron chi connectivity index (χ2n) is 3.56. The number of carbonyl (C=O) groups excluding carboxylic acids is 1. The number of hydrogen-bond donors (Lipinski definition) is 2. The molecule has 0 saturated carbocycles. The molecule has 0 aromatic heterocycles. The maximum Gasteiger partial charge on any atom is 0.338 e. The molecule has 1 aromatic carbocycles. The molecule has 4 nitrogen and oxygen atoms in total. The van der Waals surface area contributed by atoms with Crippen LogP contribution in [0.2, 0.25) is 0 Å². The van der Waals surface area contributed by atoms with Crippen LogP contribution in [-0.4, -0.2) is 22.7 Å². The van der Waals surface area contributed by atoms with Crippen LogP contribution < -0.4 is 5.73 Å². The van der Waals surface area contributed by atoms with Gasteiger partial charge >= 0.3 is 5.97 Å². The number of amides is 1. The molecule has 1 amide bonds. The molecule has 0 aliphatic carbocycles. The van der Waals surface area contributed by atoms with Crippen molar-refractivity contribution in [2.45, 2.75) is 11.8 Å². The maximum absolute atomic E-state index is 13.1. The van der Waals surface area contributed by atoms with Gasteiger partial charge in [0.15, 0.2) is 0 Å². The fourth-order valence-electron chi connectivity index (χ4n) is 1.06. The Morgan fingerprint density at radius 1 is 1.53 bits per heavy atom. The van der Waals surface area contributed by atoms with Gasteiger partial charge in [-0.05, 0) is 18.2 Å². The zero-order valence-electron chi connectivity index (χ0n) is 9.14. The monoisotopic (exact) mass is 257 g/mol. The van der Waals surface area contributed by atoms with Crippen molar-refractivity contribution in [3.63, 3.8) is 0 Å². The van der Waals surface area contributed by atoms with Gasteiger partial charge < -0.3 is 10.8 Å². The average Bonchev–Trinajstić information content (AvgIpc) is 2.26. The first-order valence-electron chi connectivity index (χ1n) is 4.86. The van der Waals surface area contributed by atoms with E-state index in [0.717, 1.165) is 6.07 Å². The summed E-state index contributed by atoms with van der Waals surface area (Å²) in [5.41, 5.74) is 4.72. The Hall–Kier alpha value is -1.56. The number of aromatic carboxylic acids is 1. The number of nitrogens with two attached hydrogens (primary N) is 1. The highest BCUT2D eigenvalue weighted by Gasteiger charge is 2.13. The van der Waals surface area contributed by atoms with Gasteiger partial charge in [0.1, 0.15) is 5.82 Å². The molecule has 0 aliphatic rings. The van der Waals surface area contributed by atoms with Gasteiger partial charge in [-0.15, -0.1) is 11.8 Å². The molecular weight excluding hydrogens is 245 g/mol. The smallest absolute Gasteiger partial charge is 0.338 e. The minimum absolute atomic E-state index is 0.321. The quantitative estimate of drug-likeness (QED) is 0.787. The van der Waals surface area contributed by atoms with E-state index in [0.29, 0.717) is 10.6 Å². The van der Waals surface area contributed by atoms with Gasteiger partial charge in [-0.1, -0.05) is 6.92 Å². The number of hydrogen-bond acceptors (Lipinski definition) is 3. The van der Waals surface area contributed by atoms with Gasteiger partial charge in [0, 0.05) is 16.6 Å². The summed E-state index contributed by atoms with van der Waals surface area (Å²) in [5, 5.41) is 8.73. The number of benzene rings is 1. The Labute approximate surface area is 102 Å². The van der Waals surface area contributed by atoms with Crippen LogP contribution in [0.1, 0.15) is 17.3 Å². The normalized spacial score (nSPS) is 12.1. The van der Waals surface area contributed by atoms with Crippen LogP contribution in [0.15, 0.2) is 23.1 Å². The first-order valence-corrected chi connectivity index (χ1v) is 5.85. The lowest BCUT2D eigenvalue weighted by Gasteiger charge is -2.07. The van der Waals surface area contributed by atoms with Crippen LogP contribution in [-0.2, 0) is 4.79 Å². The molecule has 0 heterocycles. The second kappa shape index (κ2) is 5.67. The van der Waals surface area contributed by atoms with Gasteiger partial charge in [-0.2, -0.15) is 0 Å². The first kappa shape index (κ1) is 13.5. The summed E-state index contributed by atoms with van der Waals surface area (Å²) >= 11 is 1.27. The minimum Gasteiger partial charge on any atom is -0.478 e. The zero-order valence-corrected chi connectivity index (χ0v) is 9.96. The van der Waals surface area contributed by atoms with Crippen molar-refractivity contribution in [2.75, 3.05) is 5.75 Å². The molecular formula is C11H12FNO3S. The summed E-state index contributed by atoms with van der Waals surface area (Å²) in [4.78, 5) is 22.1. The molecule has 3 N–H and O–H groups in total. The molecule has 0 aliphatic heterocycles. The molecule has 1 unspecified atom stereocenters. The highest BCUT2D eigenvalue weighted by Crippen LogP contribution is 2.23. The van der Waals surface area contributed by atoms with E-state index in [1.54, 1.807) is 6.92 Å². The van der Waals surface area contributed by atoms with Gasteiger partial charge in [0.05, 0.1) is 5.56 Å². The highest BCUT2D eigenvalue weighted by atomic mass is 32.2. The highest BCUT2D eigenvalue weighted by molar-refractivity contribution is 7.99. The van der Waals surface area contributed by atoms with Crippen LogP contribution in [0.5, 0.6) is 0 Å². The molecule has 1 rings (SSSR count). The van der Waals surface area contributed by atoms with Crippen LogP contribution >= 0.6 is 11.8 Å². The fraction of sp³-hybridized carbons (Fsp3) is 0.273. The number of carboxylic acids is 1. The third kappa shape index (κ3) is 3.74. The standard InChI is InChI=1S/C11H12FNO3S/c1-6(10(13)14)5-17-7-2-3-9(12)8(4-7)11(15)16/h2-4,6H,5H2,1H3,(H2,13,14)(H,15,16). The third-order valence-corrected chi connectivity index (χ3v) is 3.41. The Balaban J connectivity index is 2.76. The van der Waals surface area contributed by atoms with E-state index < -0.39 is 17.7 Å². The fourth-order valence-corrected chi connectivity index (χ4v) is 2.03. The van der Waals surface area contributed by atoms with Crippen LogP contribution in [0, 0.1) is 11.7 Å². The number of thioether (sulfide) groups is 1. The van der Waals surface area contributed by atoms with Crippen molar-refractivity contribution in [3.8, 4) is 0 Å². The third-order valence-electron chi connectivity index (χ3n) is 2.15. The molecule has 0 bridgehead atoms. The van der Waals surface area contributed by atoms with Gasteiger partial charge in [0.2, 0.25) is 5.91 Å². The minimum atomic E-state index is -1.31. The average molecular weight is 257 g/mol. The van der Waals surface area contributed by atoms with Gasteiger partial charge in [-0.25, -0.2) is 9.18 Å². The predicted octanol–water partition coefficient (Wildman–Crippen LogP) is 1.74. The van der Waals surface area contributed by atoms with Crippen molar-refractivity contribution in [1.82, 2.24) is 0 Å². The molecule has 0 radical (unpaired) electrons. The SMILES string of the molecule is CC(CSc1ccc(F)c(C(=O)O)c1)C(N)=O. The Morgan fingerprint density at radius 2 is 2.18 bits per heavy atom. The Kier molecular flexibility index (Phi) is 4.51. The molecule has 0 spiro atoms. The van der Waals surface area contributed by atoms with Crippen molar-refractivity contribution in [1.29, 1.82) is 0 Å². The summed E-state index contributed by atoms with van der Waals surface area (Å²) < 4.78 is 13.1. The lowest BCUT2D eigenvalue weighted by Crippen LogP contribution is -2.22. The van der Waals surface area contributed by atoms with E-state index >= 15 is 0 Å².